The molecule has 0 fully saturated rings. The van der Waals surface area contributed by atoms with Crippen LogP contribution in [0.3, 0.4) is 0 Å². The lowest BCUT2D eigenvalue weighted by atomic mass is 9.85. The van der Waals surface area contributed by atoms with Gasteiger partial charge in [-0.05, 0) is 54.7 Å². The van der Waals surface area contributed by atoms with Crippen molar-refractivity contribution in [3.63, 3.8) is 0 Å². The molecule has 2 aromatic carbocycles. The topological polar surface area (TPSA) is 29.5 Å². The smallest absolute Gasteiger partial charge is 0.123 e. The van der Waals surface area contributed by atoms with E-state index in [0.717, 1.165) is 28.9 Å². The van der Waals surface area contributed by atoms with Gasteiger partial charge in [0.25, 0.3) is 0 Å². The Bertz CT molecular complexity index is 639. The van der Waals surface area contributed by atoms with E-state index >= 15 is 0 Å². The molecular weight excluding hydrogens is 267 g/mol. The maximum atomic E-state index is 13.4. The summed E-state index contributed by atoms with van der Waals surface area (Å²) in [5.74, 6) is 0.636. The highest BCUT2D eigenvalue weighted by atomic mass is 19.1. The van der Waals surface area contributed by atoms with Crippen LogP contribution in [-0.2, 0) is 6.42 Å². The normalized spacial score (nSPS) is 18.7. The van der Waals surface area contributed by atoms with Crippen molar-refractivity contribution in [3.8, 4) is 5.75 Å². The molecule has 0 spiro atoms. The van der Waals surface area contributed by atoms with Gasteiger partial charge in [-0.25, -0.2) is 4.39 Å². The van der Waals surface area contributed by atoms with Crippen LogP contribution >= 0.6 is 0 Å². The molecule has 3 heteroatoms. The van der Waals surface area contributed by atoms with Gasteiger partial charge in [0.05, 0.1) is 12.7 Å². The molecule has 2 atom stereocenters. The molecule has 1 aliphatic rings. The Labute approximate surface area is 124 Å². The summed E-state index contributed by atoms with van der Waals surface area (Å²) in [5, 5.41) is 10.6. The predicted octanol–water partition coefficient (Wildman–Crippen LogP) is 3.60. The zero-order chi connectivity index (χ0) is 14.8. The van der Waals surface area contributed by atoms with Crippen LogP contribution < -0.4 is 4.74 Å². The first kappa shape index (κ1) is 14.1. The molecule has 1 N–H and O–H groups in total. The zero-order valence-corrected chi connectivity index (χ0v) is 12.1. The third-order valence-electron chi connectivity index (χ3n) is 4.21. The summed E-state index contributed by atoms with van der Waals surface area (Å²) < 4.78 is 19.0. The van der Waals surface area contributed by atoms with Crippen molar-refractivity contribution in [3.05, 3.63) is 65.0 Å². The number of aliphatic hydroxyl groups is 1. The van der Waals surface area contributed by atoms with Gasteiger partial charge in [-0.3, -0.25) is 0 Å². The second-order valence-corrected chi connectivity index (χ2v) is 5.62. The largest absolute Gasteiger partial charge is 0.493 e. The molecule has 21 heavy (non-hydrogen) atoms. The first-order valence-corrected chi connectivity index (χ1v) is 7.30. The van der Waals surface area contributed by atoms with Crippen molar-refractivity contribution in [1.82, 2.24) is 0 Å². The van der Waals surface area contributed by atoms with Crippen LogP contribution in [0.1, 0.15) is 29.0 Å². The Morgan fingerprint density at radius 1 is 1.29 bits per heavy atom. The van der Waals surface area contributed by atoms with Crippen LogP contribution in [0.15, 0.2) is 42.5 Å². The highest BCUT2D eigenvalue weighted by Crippen LogP contribution is 2.36. The summed E-state index contributed by atoms with van der Waals surface area (Å²) in [6.45, 7) is 2.56. The number of benzene rings is 2. The van der Waals surface area contributed by atoms with Crippen molar-refractivity contribution in [2.24, 2.45) is 0 Å². The second-order valence-electron chi connectivity index (χ2n) is 5.62. The van der Waals surface area contributed by atoms with E-state index in [1.54, 1.807) is 6.07 Å². The standard InChI is InChI=1S/C18H19FO2/c1-12-6-7-14(19)10-13(12)11-17(20)15-8-9-21-18-5-3-2-4-16(15)18/h2-7,10,15,17,20H,8-9,11H2,1H3. The molecule has 0 bridgehead atoms. The minimum absolute atomic E-state index is 0.0395. The fraction of sp³-hybridized carbons (Fsp3) is 0.333. The van der Waals surface area contributed by atoms with Gasteiger partial charge in [0.1, 0.15) is 11.6 Å². The van der Waals surface area contributed by atoms with Crippen LogP contribution in [0.5, 0.6) is 5.75 Å². The van der Waals surface area contributed by atoms with Gasteiger partial charge in [-0.2, -0.15) is 0 Å². The van der Waals surface area contributed by atoms with E-state index in [4.69, 9.17) is 4.74 Å². The Morgan fingerprint density at radius 3 is 2.95 bits per heavy atom. The van der Waals surface area contributed by atoms with Gasteiger partial charge in [0.2, 0.25) is 0 Å². The van der Waals surface area contributed by atoms with E-state index in [0.29, 0.717) is 13.0 Å². The molecule has 1 heterocycles. The summed E-state index contributed by atoms with van der Waals surface area (Å²) >= 11 is 0. The number of para-hydroxylation sites is 1. The van der Waals surface area contributed by atoms with Crippen molar-refractivity contribution in [2.45, 2.75) is 31.8 Å². The van der Waals surface area contributed by atoms with Gasteiger partial charge in [-0.15, -0.1) is 0 Å². The molecule has 110 valence electrons. The number of hydrogen-bond donors (Lipinski definition) is 1. The predicted molar refractivity (Wildman–Crippen MR) is 80.1 cm³/mol. The lowest BCUT2D eigenvalue weighted by Gasteiger charge is -2.29. The molecular formula is C18H19FO2. The van der Waals surface area contributed by atoms with Crippen LogP contribution in [0.25, 0.3) is 0 Å². The number of rotatable bonds is 3. The van der Waals surface area contributed by atoms with Gasteiger partial charge in [-0.1, -0.05) is 24.3 Å². The summed E-state index contributed by atoms with van der Waals surface area (Å²) in [6.07, 6.45) is 0.713. The summed E-state index contributed by atoms with van der Waals surface area (Å²) in [7, 11) is 0. The SMILES string of the molecule is Cc1ccc(F)cc1CC(O)C1CCOc2ccccc21. The third kappa shape index (κ3) is 2.93. The average Bonchev–Trinajstić information content (AvgIpc) is 2.50. The van der Waals surface area contributed by atoms with Crippen molar-refractivity contribution in [2.75, 3.05) is 6.61 Å². The number of aryl methyl sites for hydroxylation is 1. The number of aliphatic hydroxyl groups excluding tert-OH is 1. The lowest BCUT2D eigenvalue weighted by molar-refractivity contribution is 0.116. The third-order valence-corrected chi connectivity index (χ3v) is 4.21. The van der Waals surface area contributed by atoms with Crippen molar-refractivity contribution in [1.29, 1.82) is 0 Å². The molecule has 2 aromatic rings. The van der Waals surface area contributed by atoms with Crippen molar-refractivity contribution < 1.29 is 14.2 Å². The van der Waals surface area contributed by atoms with Gasteiger partial charge < -0.3 is 9.84 Å². The van der Waals surface area contributed by atoms with Crippen LogP contribution in [0, 0.1) is 12.7 Å². The Morgan fingerprint density at radius 2 is 2.10 bits per heavy atom. The van der Waals surface area contributed by atoms with Gasteiger partial charge in [0.15, 0.2) is 0 Å². The van der Waals surface area contributed by atoms with E-state index < -0.39 is 6.10 Å². The fourth-order valence-corrected chi connectivity index (χ4v) is 3.00. The highest BCUT2D eigenvalue weighted by molar-refractivity contribution is 5.39. The molecule has 3 rings (SSSR count). The summed E-state index contributed by atoms with van der Waals surface area (Å²) in [6, 6.07) is 12.6. The summed E-state index contributed by atoms with van der Waals surface area (Å²) in [4.78, 5) is 0. The van der Waals surface area contributed by atoms with Crippen LogP contribution in [0.4, 0.5) is 4.39 Å². The van der Waals surface area contributed by atoms with Crippen LogP contribution in [-0.4, -0.2) is 17.8 Å². The first-order valence-electron chi connectivity index (χ1n) is 7.30. The molecule has 0 saturated carbocycles. The Kier molecular flexibility index (Phi) is 3.93. The molecule has 2 nitrogen and oxygen atoms in total. The quantitative estimate of drug-likeness (QED) is 0.934. The molecule has 1 aliphatic heterocycles. The molecule has 0 radical (unpaired) electrons. The van der Waals surface area contributed by atoms with E-state index in [9.17, 15) is 9.50 Å². The molecule has 0 aliphatic carbocycles. The lowest BCUT2D eigenvalue weighted by Crippen LogP contribution is -2.27. The maximum Gasteiger partial charge on any atom is 0.123 e. The van der Waals surface area contributed by atoms with E-state index in [1.807, 2.05) is 31.2 Å². The van der Waals surface area contributed by atoms with Crippen LogP contribution in [0.2, 0.25) is 0 Å². The Hall–Kier alpha value is -1.87. The van der Waals surface area contributed by atoms with E-state index in [2.05, 4.69) is 0 Å². The molecule has 2 unspecified atom stereocenters. The molecule has 0 aromatic heterocycles. The maximum absolute atomic E-state index is 13.4. The Balaban J connectivity index is 1.83. The first-order chi connectivity index (χ1) is 10.1. The van der Waals surface area contributed by atoms with E-state index in [1.165, 1.54) is 12.1 Å². The highest BCUT2D eigenvalue weighted by Gasteiger charge is 2.27. The zero-order valence-electron chi connectivity index (χ0n) is 12.1. The number of halogens is 1. The monoisotopic (exact) mass is 286 g/mol. The minimum Gasteiger partial charge on any atom is -0.493 e. The minimum atomic E-state index is -0.532. The summed E-state index contributed by atoms with van der Waals surface area (Å²) in [5.41, 5.74) is 2.92. The van der Waals surface area contributed by atoms with E-state index in [-0.39, 0.29) is 11.7 Å². The number of hydrogen-bond acceptors (Lipinski definition) is 2. The number of fused-ring (bicyclic) bond motifs is 1. The fourth-order valence-electron chi connectivity index (χ4n) is 3.00. The van der Waals surface area contributed by atoms with Gasteiger partial charge in [0, 0.05) is 5.92 Å². The molecule has 0 amide bonds. The van der Waals surface area contributed by atoms with Crippen molar-refractivity contribution >= 4 is 0 Å². The average molecular weight is 286 g/mol. The second kappa shape index (κ2) is 5.86. The number of ether oxygens (including phenoxy) is 1. The van der Waals surface area contributed by atoms with Gasteiger partial charge >= 0.3 is 0 Å². The molecule has 0 saturated heterocycles.